The number of carbonyl (C=O) groups excluding carboxylic acids is 3. The molecular formula is C15H22N2O3. The van der Waals surface area contributed by atoms with Gasteiger partial charge in [-0.25, -0.2) is 4.79 Å². The lowest BCUT2D eigenvalue weighted by Crippen LogP contribution is -2.63. The molecule has 0 bridgehead atoms. The summed E-state index contributed by atoms with van der Waals surface area (Å²) in [6.45, 7) is 0.486. The number of amides is 4. The van der Waals surface area contributed by atoms with Gasteiger partial charge in [-0.15, -0.1) is 0 Å². The highest BCUT2D eigenvalue weighted by molar-refractivity contribution is 6.19. The second-order valence-electron chi connectivity index (χ2n) is 6.47. The smallest absolute Gasteiger partial charge is 0.277 e. The summed E-state index contributed by atoms with van der Waals surface area (Å²) >= 11 is 0. The van der Waals surface area contributed by atoms with Gasteiger partial charge in [0, 0.05) is 6.54 Å². The second-order valence-corrected chi connectivity index (χ2v) is 6.47. The molecule has 3 fully saturated rings. The van der Waals surface area contributed by atoms with Crippen LogP contribution >= 0.6 is 0 Å². The number of hydrogen-bond acceptors (Lipinski definition) is 3. The normalized spacial score (nSPS) is 27.2. The fraction of sp³-hybridized carbons (Fsp3) is 0.800. The van der Waals surface area contributed by atoms with Crippen molar-refractivity contribution in [1.82, 2.24) is 10.2 Å². The van der Waals surface area contributed by atoms with Crippen LogP contribution in [0.4, 0.5) is 4.79 Å². The average molecular weight is 278 g/mol. The quantitative estimate of drug-likeness (QED) is 0.787. The predicted molar refractivity (Wildman–Crippen MR) is 72.7 cm³/mol. The molecule has 1 saturated heterocycles. The number of rotatable bonds is 2. The highest BCUT2D eigenvalue weighted by Crippen LogP contribution is 2.42. The Labute approximate surface area is 119 Å². The Hall–Kier alpha value is -1.39. The topological polar surface area (TPSA) is 66.5 Å². The van der Waals surface area contributed by atoms with Gasteiger partial charge >= 0.3 is 6.03 Å². The molecule has 0 aromatic heterocycles. The summed E-state index contributed by atoms with van der Waals surface area (Å²) in [6.07, 6.45) is 8.74. The minimum absolute atomic E-state index is 0.241. The van der Waals surface area contributed by atoms with Crippen LogP contribution in [0.5, 0.6) is 0 Å². The number of nitrogens with zero attached hydrogens (tertiary/aromatic N) is 1. The first kappa shape index (κ1) is 13.6. The standard InChI is InChI=1S/C15H22N2O3/c18-12-15(8-4-5-9-15)13(19)17(14(20)16-12)10-11-6-2-1-3-7-11/h11H,1-10H2,(H,16,18,20). The van der Waals surface area contributed by atoms with Crippen LogP contribution in [0.15, 0.2) is 0 Å². The highest BCUT2D eigenvalue weighted by atomic mass is 16.2. The van der Waals surface area contributed by atoms with Gasteiger partial charge in [0.2, 0.25) is 11.8 Å². The van der Waals surface area contributed by atoms with Crippen LogP contribution in [0.1, 0.15) is 57.8 Å². The van der Waals surface area contributed by atoms with E-state index >= 15 is 0 Å². The molecule has 5 heteroatoms. The van der Waals surface area contributed by atoms with Gasteiger partial charge in [0.1, 0.15) is 5.41 Å². The van der Waals surface area contributed by atoms with Crippen LogP contribution in [-0.2, 0) is 9.59 Å². The van der Waals surface area contributed by atoms with Gasteiger partial charge < -0.3 is 0 Å². The Morgan fingerprint density at radius 3 is 2.30 bits per heavy atom. The molecule has 0 atom stereocenters. The first-order chi connectivity index (χ1) is 9.63. The number of barbiturate groups is 1. The maximum Gasteiger partial charge on any atom is 0.330 e. The third-order valence-electron chi connectivity index (χ3n) is 5.18. The minimum atomic E-state index is -0.942. The van der Waals surface area contributed by atoms with E-state index in [2.05, 4.69) is 5.32 Å². The molecule has 0 radical (unpaired) electrons. The Morgan fingerprint density at radius 2 is 1.65 bits per heavy atom. The third kappa shape index (κ3) is 2.13. The van der Waals surface area contributed by atoms with Gasteiger partial charge in [-0.2, -0.15) is 0 Å². The van der Waals surface area contributed by atoms with E-state index in [-0.39, 0.29) is 11.8 Å². The first-order valence-electron chi connectivity index (χ1n) is 7.81. The summed E-state index contributed by atoms with van der Waals surface area (Å²) in [7, 11) is 0. The van der Waals surface area contributed by atoms with Crippen molar-refractivity contribution in [2.75, 3.05) is 6.54 Å². The predicted octanol–water partition coefficient (Wildman–Crippen LogP) is 2.21. The fourth-order valence-electron chi connectivity index (χ4n) is 3.95. The van der Waals surface area contributed by atoms with Crippen molar-refractivity contribution in [3.63, 3.8) is 0 Å². The van der Waals surface area contributed by atoms with Crippen molar-refractivity contribution >= 4 is 17.8 Å². The SMILES string of the molecule is O=C1NC(=O)C2(CCCC2)C(=O)N1CC1CCCCC1. The van der Waals surface area contributed by atoms with Gasteiger partial charge in [-0.1, -0.05) is 32.1 Å². The zero-order valence-corrected chi connectivity index (χ0v) is 11.8. The van der Waals surface area contributed by atoms with Crippen molar-refractivity contribution in [2.45, 2.75) is 57.8 Å². The lowest BCUT2D eigenvalue weighted by Gasteiger charge is -2.38. The third-order valence-corrected chi connectivity index (χ3v) is 5.18. The van der Waals surface area contributed by atoms with E-state index in [0.717, 1.165) is 25.7 Å². The van der Waals surface area contributed by atoms with Crippen LogP contribution in [0, 0.1) is 11.3 Å². The van der Waals surface area contributed by atoms with Gasteiger partial charge in [0.15, 0.2) is 0 Å². The monoisotopic (exact) mass is 278 g/mol. The van der Waals surface area contributed by atoms with Gasteiger partial charge in [-0.3, -0.25) is 19.8 Å². The number of imide groups is 2. The van der Waals surface area contributed by atoms with Crippen molar-refractivity contribution in [2.24, 2.45) is 11.3 Å². The Bertz CT molecular complexity index is 434. The van der Waals surface area contributed by atoms with E-state index in [4.69, 9.17) is 0 Å². The molecular weight excluding hydrogens is 256 g/mol. The zero-order valence-electron chi connectivity index (χ0n) is 11.8. The summed E-state index contributed by atoms with van der Waals surface area (Å²) in [6, 6.07) is -0.511. The molecule has 1 N–H and O–H groups in total. The number of carbonyl (C=O) groups is 3. The van der Waals surface area contributed by atoms with E-state index in [1.807, 2.05) is 0 Å². The Balaban J connectivity index is 1.77. The summed E-state index contributed by atoms with van der Waals surface area (Å²) in [4.78, 5) is 38.1. The molecule has 20 heavy (non-hydrogen) atoms. The van der Waals surface area contributed by atoms with Crippen LogP contribution < -0.4 is 5.32 Å². The van der Waals surface area contributed by atoms with Gasteiger partial charge in [-0.05, 0) is 31.6 Å². The molecule has 1 spiro atoms. The molecule has 2 saturated carbocycles. The lowest BCUT2D eigenvalue weighted by molar-refractivity contribution is -0.151. The molecule has 110 valence electrons. The molecule has 2 aliphatic carbocycles. The minimum Gasteiger partial charge on any atom is -0.277 e. The maximum atomic E-state index is 12.7. The van der Waals surface area contributed by atoms with Gasteiger partial charge in [0.05, 0.1) is 0 Å². The molecule has 0 aromatic carbocycles. The van der Waals surface area contributed by atoms with Crippen LogP contribution in [-0.4, -0.2) is 29.3 Å². The van der Waals surface area contributed by atoms with Crippen LogP contribution in [0.3, 0.4) is 0 Å². The molecule has 1 heterocycles. The maximum absolute atomic E-state index is 12.7. The van der Waals surface area contributed by atoms with E-state index in [1.165, 1.54) is 24.2 Å². The summed E-state index contributed by atoms with van der Waals surface area (Å²) in [5, 5.41) is 2.41. The molecule has 0 aromatic rings. The van der Waals surface area contributed by atoms with E-state index in [9.17, 15) is 14.4 Å². The lowest BCUT2D eigenvalue weighted by atomic mass is 9.81. The summed E-state index contributed by atoms with van der Waals surface area (Å²) in [5.41, 5.74) is -0.942. The van der Waals surface area contributed by atoms with Crippen molar-refractivity contribution in [1.29, 1.82) is 0 Å². The van der Waals surface area contributed by atoms with E-state index in [0.29, 0.717) is 25.3 Å². The molecule has 3 rings (SSSR count). The van der Waals surface area contributed by atoms with Gasteiger partial charge in [0.25, 0.3) is 0 Å². The average Bonchev–Trinajstić information content (AvgIpc) is 2.94. The number of nitrogens with one attached hydrogen (secondary N) is 1. The molecule has 4 amide bonds. The van der Waals surface area contributed by atoms with Crippen molar-refractivity contribution < 1.29 is 14.4 Å². The van der Waals surface area contributed by atoms with Crippen LogP contribution in [0.25, 0.3) is 0 Å². The Kier molecular flexibility index (Phi) is 3.52. The second kappa shape index (κ2) is 5.19. The van der Waals surface area contributed by atoms with Crippen LogP contribution in [0.2, 0.25) is 0 Å². The molecule has 3 aliphatic rings. The Morgan fingerprint density at radius 1 is 1.00 bits per heavy atom. The van der Waals surface area contributed by atoms with Crippen molar-refractivity contribution in [3.05, 3.63) is 0 Å². The fourth-order valence-corrected chi connectivity index (χ4v) is 3.95. The number of urea groups is 1. The zero-order chi connectivity index (χ0) is 14.2. The molecule has 0 unspecified atom stereocenters. The number of hydrogen-bond donors (Lipinski definition) is 1. The van der Waals surface area contributed by atoms with E-state index < -0.39 is 11.4 Å². The molecule has 5 nitrogen and oxygen atoms in total. The van der Waals surface area contributed by atoms with Crippen molar-refractivity contribution in [3.8, 4) is 0 Å². The molecule has 1 aliphatic heterocycles. The van der Waals surface area contributed by atoms with E-state index in [1.54, 1.807) is 0 Å². The summed E-state index contributed by atoms with van der Waals surface area (Å²) in [5.74, 6) is -0.204. The largest absolute Gasteiger partial charge is 0.330 e. The highest BCUT2D eigenvalue weighted by Gasteiger charge is 2.55. The summed E-state index contributed by atoms with van der Waals surface area (Å²) < 4.78 is 0. The first-order valence-corrected chi connectivity index (χ1v) is 7.81.